The summed E-state index contributed by atoms with van der Waals surface area (Å²) in [6.45, 7) is 1.86. The third kappa shape index (κ3) is 4.45. The maximum absolute atomic E-state index is 12.7. The molecule has 9 nitrogen and oxygen atoms in total. The first-order valence-electron chi connectivity index (χ1n) is 9.91. The molecule has 0 unspecified atom stereocenters. The molecule has 3 N–H and O–H groups in total. The van der Waals surface area contributed by atoms with Crippen molar-refractivity contribution in [3.05, 3.63) is 59.9 Å². The average molecular weight is 405 g/mol. The molecular weight excluding hydrogens is 382 g/mol. The summed E-state index contributed by atoms with van der Waals surface area (Å²) < 4.78 is 1.55. The third-order valence-electron chi connectivity index (χ3n) is 5.17. The van der Waals surface area contributed by atoms with Gasteiger partial charge in [-0.2, -0.15) is 0 Å². The van der Waals surface area contributed by atoms with E-state index in [1.165, 1.54) is 12.7 Å². The van der Waals surface area contributed by atoms with Gasteiger partial charge in [0.15, 0.2) is 0 Å². The van der Waals surface area contributed by atoms with Crippen LogP contribution in [0, 0.1) is 0 Å². The van der Waals surface area contributed by atoms with Gasteiger partial charge in [-0.1, -0.05) is 12.1 Å². The lowest BCUT2D eigenvalue weighted by atomic mass is 10.1. The SMILES string of the molecule is NC(=O)c1ccc(N2CCCCC2)c(NC(=O)Cc2ccc(-n3cnnn3)cc2)c1. The molecule has 0 atom stereocenters. The average Bonchev–Trinajstić information content (AvgIpc) is 3.30. The van der Waals surface area contributed by atoms with E-state index in [2.05, 4.69) is 25.7 Å². The number of rotatable bonds is 6. The molecular formula is C21H23N7O2. The van der Waals surface area contributed by atoms with Gasteiger partial charge >= 0.3 is 0 Å². The van der Waals surface area contributed by atoms with Gasteiger partial charge in [0.25, 0.3) is 0 Å². The van der Waals surface area contributed by atoms with Gasteiger partial charge in [0.1, 0.15) is 6.33 Å². The second kappa shape index (κ2) is 8.73. The number of benzene rings is 2. The van der Waals surface area contributed by atoms with E-state index in [4.69, 9.17) is 5.73 Å². The van der Waals surface area contributed by atoms with Crippen molar-refractivity contribution in [3.8, 4) is 5.69 Å². The quantitative estimate of drug-likeness (QED) is 0.647. The van der Waals surface area contributed by atoms with Crippen LogP contribution in [0.1, 0.15) is 35.2 Å². The number of piperidine rings is 1. The molecule has 30 heavy (non-hydrogen) atoms. The summed E-state index contributed by atoms with van der Waals surface area (Å²) in [5.74, 6) is -0.682. The van der Waals surface area contributed by atoms with E-state index < -0.39 is 5.91 Å². The molecule has 3 aromatic rings. The summed E-state index contributed by atoms with van der Waals surface area (Å²) in [4.78, 5) is 26.6. The van der Waals surface area contributed by atoms with Gasteiger partial charge in [0.2, 0.25) is 11.8 Å². The normalized spacial score (nSPS) is 13.8. The summed E-state index contributed by atoms with van der Waals surface area (Å²) in [5.41, 5.74) is 9.01. The molecule has 0 saturated carbocycles. The van der Waals surface area contributed by atoms with Crippen LogP contribution >= 0.6 is 0 Å². The Morgan fingerprint density at radius 3 is 2.47 bits per heavy atom. The van der Waals surface area contributed by atoms with Gasteiger partial charge in [0.05, 0.1) is 23.5 Å². The Labute approximate surface area is 173 Å². The predicted octanol–water partition coefficient (Wildman–Crippen LogP) is 1.93. The Hall–Kier alpha value is -3.75. The van der Waals surface area contributed by atoms with E-state index >= 15 is 0 Å². The minimum atomic E-state index is -0.520. The number of nitrogens with one attached hydrogen (secondary N) is 1. The molecule has 0 spiro atoms. The summed E-state index contributed by atoms with van der Waals surface area (Å²) in [6, 6.07) is 12.7. The van der Waals surface area contributed by atoms with Crippen LogP contribution in [0.3, 0.4) is 0 Å². The number of amides is 2. The van der Waals surface area contributed by atoms with Crippen LogP contribution in [-0.2, 0) is 11.2 Å². The fraction of sp³-hybridized carbons (Fsp3) is 0.286. The van der Waals surface area contributed by atoms with Crippen molar-refractivity contribution in [1.82, 2.24) is 20.2 Å². The monoisotopic (exact) mass is 405 g/mol. The van der Waals surface area contributed by atoms with Gasteiger partial charge < -0.3 is 16.0 Å². The molecule has 1 aromatic heterocycles. The van der Waals surface area contributed by atoms with E-state index in [0.717, 1.165) is 42.9 Å². The van der Waals surface area contributed by atoms with Crippen molar-refractivity contribution < 1.29 is 9.59 Å². The van der Waals surface area contributed by atoms with Crippen molar-refractivity contribution in [3.63, 3.8) is 0 Å². The van der Waals surface area contributed by atoms with Gasteiger partial charge in [-0.3, -0.25) is 9.59 Å². The molecule has 1 fully saturated rings. The zero-order chi connectivity index (χ0) is 20.9. The molecule has 0 bridgehead atoms. The molecule has 2 aromatic carbocycles. The highest BCUT2D eigenvalue weighted by molar-refractivity contribution is 5.99. The molecule has 0 radical (unpaired) electrons. The second-order valence-electron chi connectivity index (χ2n) is 7.29. The van der Waals surface area contributed by atoms with Crippen LogP contribution < -0.4 is 16.0 Å². The van der Waals surface area contributed by atoms with Crippen LogP contribution in [0.4, 0.5) is 11.4 Å². The standard InChI is InChI=1S/C21H23N7O2/c22-21(30)16-6-9-19(27-10-2-1-3-11-27)18(13-16)24-20(29)12-15-4-7-17(8-5-15)28-14-23-25-26-28/h4-9,13-14H,1-3,10-12H2,(H2,22,30)(H,24,29). The van der Waals surface area contributed by atoms with Crippen molar-refractivity contribution >= 4 is 23.2 Å². The number of nitrogens with zero attached hydrogens (tertiary/aromatic N) is 5. The highest BCUT2D eigenvalue weighted by Gasteiger charge is 2.17. The maximum Gasteiger partial charge on any atom is 0.248 e. The first-order valence-corrected chi connectivity index (χ1v) is 9.91. The maximum atomic E-state index is 12.7. The van der Waals surface area contributed by atoms with Crippen molar-refractivity contribution in [2.24, 2.45) is 5.73 Å². The highest BCUT2D eigenvalue weighted by Crippen LogP contribution is 2.30. The van der Waals surface area contributed by atoms with Crippen molar-refractivity contribution in [2.45, 2.75) is 25.7 Å². The first-order chi connectivity index (χ1) is 14.6. The summed E-state index contributed by atoms with van der Waals surface area (Å²) in [6.07, 6.45) is 5.14. The topological polar surface area (TPSA) is 119 Å². The van der Waals surface area contributed by atoms with Crippen molar-refractivity contribution in [1.29, 1.82) is 0 Å². The molecule has 0 aliphatic carbocycles. The smallest absolute Gasteiger partial charge is 0.248 e. The number of primary amides is 1. The Balaban J connectivity index is 1.50. The lowest BCUT2D eigenvalue weighted by Crippen LogP contribution is -2.30. The third-order valence-corrected chi connectivity index (χ3v) is 5.17. The Kier molecular flexibility index (Phi) is 5.69. The zero-order valence-electron chi connectivity index (χ0n) is 16.5. The number of nitrogens with two attached hydrogens (primary N) is 1. The Morgan fingerprint density at radius 2 is 1.80 bits per heavy atom. The van der Waals surface area contributed by atoms with Crippen molar-refractivity contribution in [2.75, 3.05) is 23.3 Å². The minimum Gasteiger partial charge on any atom is -0.370 e. The van der Waals surface area contributed by atoms with Gasteiger partial charge in [-0.25, -0.2) is 4.68 Å². The number of tetrazole rings is 1. The summed E-state index contributed by atoms with van der Waals surface area (Å²) >= 11 is 0. The fourth-order valence-corrected chi connectivity index (χ4v) is 3.63. The largest absolute Gasteiger partial charge is 0.370 e. The number of aromatic nitrogens is 4. The van der Waals surface area contributed by atoms with Gasteiger partial charge in [-0.15, -0.1) is 5.10 Å². The fourth-order valence-electron chi connectivity index (χ4n) is 3.63. The van der Waals surface area contributed by atoms with Crippen LogP contribution in [0.2, 0.25) is 0 Å². The molecule has 2 amide bonds. The lowest BCUT2D eigenvalue weighted by Gasteiger charge is -2.30. The highest BCUT2D eigenvalue weighted by atomic mass is 16.2. The molecule has 1 aliphatic heterocycles. The zero-order valence-corrected chi connectivity index (χ0v) is 16.5. The molecule has 1 aliphatic rings. The van der Waals surface area contributed by atoms with Gasteiger partial charge in [0, 0.05) is 18.7 Å². The predicted molar refractivity (Wildman–Crippen MR) is 113 cm³/mol. The summed E-state index contributed by atoms with van der Waals surface area (Å²) in [7, 11) is 0. The second-order valence-corrected chi connectivity index (χ2v) is 7.29. The van der Waals surface area contributed by atoms with Crippen LogP contribution in [0.25, 0.3) is 5.69 Å². The Bertz CT molecular complexity index is 1030. The van der Waals surface area contributed by atoms with E-state index in [9.17, 15) is 9.59 Å². The molecule has 9 heteroatoms. The van der Waals surface area contributed by atoms with E-state index in [-0.39, 0.29) is 12.3 Å². The Morgan fingerprint density at radius 1 is 1.03 bits per heavy atom. The lowest BCUT2D eigenvalue weighted by molar-refractivity contribution is -0.115. The first kappa shape index (κ1) is 19.6. The number of hydrogen-bond acceptors (Lipinski definition) is 6. The van der Waals surface area contributed by atoms with Crippen LogP contribution in [0.15, 0.2) is 48.8 Å². The van der Waals surface area contributed by atoms with Gasteiger partial charge in [-0.05, 0) is 65.6 Å². The van der Waals surface area contributed by atoms with Crippen LogP contribution in [0.5, 0.6) is 0 Å². The van der Waals surface area contributed by atoms with E-state index in [1.54, 1.807) is 16.8 Å². The van der Waals surface area contributed by atoms with E-state index in [1.807, 2.05) is 30.3 Å². The molecule has 1 saturated heterocycles. The summed E-state index contributed by atoms with van der Waals surface area (Å²) in [5, 5.41) is 14.0. The molecule has 4 rings (SSSR count). The number of hydrogen-bond donors (Lipinski definition) is 2. The van der Waals surface area contributed by atoms with E-state index in [0.29, 0.717) is 11.3 Å². The number of carbonyl (C=O) groups excluding carboxylic acids is 2. The molecule has 2 heterocycles. The molecule has 154 valence electrons. The van der Waals surface area contributed by atoms with Crippen LogP contribution in [-0.4, -0.2) is 45.1 Å². The number of carbonyl (C=O) groups is 2. The minimum absolute atomic E-state index is 0.162. The number of anilines is 2.